The van der Waals surface area contributed by atoms with E-state index in [1.807, 2.05) is 31.3 Å². The molecular formula is C12H11N3O. The SMILES string of the molecule is Cn1ncc(-c2cccc3ccoc23)c1N. The molecule has 80 valence electrons. The second kappa shape index (κ2) is 3.13. The van der Waals surface area contributed by atoms with Crippen molar-refractivity contribution in [3.8, 4) is 11.1 Å². The molecule has 4 heteroatoms. The second-order valence-corrected chi connectivity index (χ2v) is 3.71. The first kappa shape index (κ1) is 9.03. The molecule has 0 saturated carbocycles. The standard InChI is InChI=1S/C12H11N3O/c1-15-12(13)10(7-14-15)9-4-2-3-8-5-6-16-11(8)9/h2-7H,13H2,1H3. The minimum atomic E-state index is 0.643. The third-order valence-electron chi connectivity index (χ3n) is 2.75. The second-order valence-electron chi connectivity index (χ2n) is 3.71. The van der Waals surface area contributed by atoms with Crippen molar-refractivity contribution in [2.75, 3.05) is 5.73 Å². The average Bonchev–Trinajstić information content (AvgIpc) is 2.87. The molecule has 0 radical (unpaired) electrons. The summed E-state index contributed by atoms with van der Waals surface area (Å²) in [5.74, 6) is 0.643. The zero-order valence-corrected chi connectivity index (χ0v) is 8.84. The molecule has 0 spiro atoms. The fraction of sp³-hybridized carbons (Fsp3) is 0.0833. The van der Waals surface area contributed by atoms with E-state index >= 15 is 0 Å². The van der Waals surface area contributed by atoms with Crippen LogP contribution in [0.3, 0.4) is 0 Å². The Kier molecular flexibility index (Phi) is 1.77. The van der Waals surface area contributed by atoms with Gasteiger partial charge in [-0.15, -0.1) is 0 Å². The number of para-hydroxylation sites is 1. The molecule has 4 nitrogen and oxygen atoms in total. The van der Waals surface area contributed by atoms with Crippen LogP contribution in [-0.4, -0.2) is 9.78 Å². The summed E-state index contributed by atoms with van der Waals surface area (Å²) in [5, 5.41) is 5.20. The lowest BCUT2D eigenvalue weighted by molar-refractivity contribution is 0.617. The van der Waals surface area contributed by atoms with Crippen molar-refractivity contribution in [3.63, 3.8) is 0 Å². The van der Waals surface area contributed by atoms with Crippen LogP contribution in [0.1, 0.15) is 0 Å². The number of anilines is 1. The molecule has 16 heavy (non-hydrogen) atoms. The maximum Gasteiger partial charge on any atom is 0.141 e. The highest BCUT2D eigenvalue weighted by Crippen LogP contribution is 2.32. The van der Waals surface area contributed by atoms with E-state index in [2.05, 4.69) is 5.10 Å². The molecule has 1 aromatic carbocycles. The highest BCUT2D eigenvalue weighted by Gasteiger charge is 2.12. The van der Waals surface area contributed by atoms with E-state index in [4.69, 9.17) is 10.2 Å². The third-order valence-corrected chi connectivity index (χ3v) is 2.75. The lowest BCUT2D eigenvalue weighted by Gasteiger charge is -2.01. The minimum Gasteiger partial charge on any atom is -0.464 e. The number of fused-ring (bicyclic) bond motifs is 1. The lowest BCUT2D eigenvalue weighted by Crippen LogP contribution is -1.98. The first-order valence-electron chi connectivity index (χ1n) is 5.01. The van der Waals surface area contributed by atoms with Crippen molar-refractivity contribution in [2.45, 2.75) is 0 Å². The average molecular weight is 213 g/mol. The molecule has 0 atom stereocenters. The summed E-state index contributed by atoms with van der Waals surface area (Å²) in [5.41, 5.74) is 8.69. The number of hydrogen-bond acceptors (Lipinski definition) is 3. The number of benzene rings is 1. The van der Waals surface area contributed by atoms with Gasteiger partial charge in [0.25, 0.3) is 0 Å². The van der Waals surface area contributed by atoms with Crippen molar-refractivity contribution in [2.24, 2.45) is 7.05 Å². The zero-order valence-electron chi connectivity index (χ0n) is 8.84. The van der Waals surface area contributed by atoms with Crippen molar-refractivity contribution < 1.29 is 4.42 Å². The Hall–Kier alpha value is -2.23. The molecule has 2 N–H and O–H groups in total. The number of furan rings is 1. The fourth-order valence-corrected chi connectivity index (χ4v) is 1.86. The molecule has 0 aliphatic carbocycles. The number of nitrogens with two attached hydrogens (primary N) is 1. The molecule has 2 aromatic heterocycles. The molecule has 3 aromatic rings. The molecule has 0 bridgehead atoms. The molecule has 0 amide bonds. The molecule has 0 unspecified atom stereocenters. The molecule has 2 heterocycles. The highest BCUT2D eigenvalue weighted by molar-refractivity contribution is 5.94. The number of nitrogens with zero attached hydrogens (tertiary/aromatic N) is 2. The summed E-state index contributed by atoms with van der Waals surface area (Å²) in [4.78, 5) is 0. The summed E-state index contributed by atoms with van der Waals surface area (Å²) in [6, 6.07) is 7.92. The van der Waals surface area contributed by atoms with Gasteiger partial charge in [-0.1, -0.05) is 18.2 Å². The van der Waals surface area contributed by atoms with Crippen LogP contribution in [-0.2, 0) is 7.05 Å². The Balaban J connectivity index is 2.33. The van der Waals surface area contributed by atoms with Crippen LogP contribution in [0.4, 0.5) is 5.82 Å². The van der Waals surface area contributed by atoms with Gasteiger partial charge < -0.3 is 10.2 Å². The van der Waals surface area contributed by atoms with Gasteiger partial charge in [-0.3, -0.25) is 4.68 Å². The van der Waals surface area contributed by atoms with E-state index in [9.17, 15) is 0 Å². The van der Waals surface area contributed by atoms with Crippen LogP contribution in [0.2, 0.25) is 0 Å². The van der Waals surface area contributed by atoms with Crippen LogP contribution in [0, 0.1) is 0 Å². The Morgan fingerprint density at radius 2 is 2.12 bits per heavy atom. The lowest BCUT2D eigenvalue weighted by atomic mass is 10.1. The van der Waals surface area contributed by atoms with Gasteiger partial charge in [0.05, 0.1) is 12.5 Å². The van der Waals surface area contributed by atoms with Gasteiger partial charge in [0.1, 0.15) is 11.4 Å². The normalized spacial score (nSPS) is 11.1. The van der Waals surface area contributed by atoms with Crippen LogP contribution >= 0.6 is 0 Å². The number of rotatable bonds is 1. The molecule has 0 saturated heterocycles. The summed E-state index contributed by atoms with van der Waals surface area (Å²) in [6.45, 7) is 0. The molecule has 0 fully saturated rings. The van der Waals surface area contributed by atoms with Crippen LogP contribution in [0.5, 0.6) is 0 Å². The van der Waals surface area contributed by atoms with Crippen molar-refractivity contribution in [1.29, 1.82) is 0 Å². The first-order chi connectivity index (χ1) is 7.77. The predicted molar refractivity (Wildman–Crippen MR) is 62.8 cm³/mol. The summed E-state index contributed by atoms with van der Waals surface area (Å²) >= 11 is 0. The van der Waals surface area contributed by atoms with Gasteiger partial charge in [-0.25, -0.2) is 0 Å². The van der Waals surface area contributed by atoms with Crippen LogP contribution < -0.4 is 5.73 Å². The van der Waals surface area contributed by atoms with Gasteiger partial charge in [0.15, 0.2) is 0 Å². The van der Waals surface area contributed by atoms with Gasteiger partial charge in [0.2, 0.25) is 0 Å². The zero-order chi connectivity index (χ0) is 11.1. The highest BCUT2D eigenvalue weighted by atomic mass is 16.3. The smallest absolute Gasteiger partial charge is 0.141 e. The number of aryl methyl sites for hydroxylation is 1. The van der Waals surface area contributed by atoms with Crippen molar-refractivity contribution in [1.82, 2.24) is 9.78 Å². The topological polar surface area (TPSA) is 57.0 Å². The van der Waals surface area contributed by atoms with E-state index in [0.29, 0.717) is 5.82 Å². The first-order valence-corrected chi connectivity index (χ1v) is 5.01. The maximum absolute atomic E-state index is 5.95. The van der Waals surface area contributed by atoms with E-state index in [0.717, 1.165) is 22.1 Å². The number of hydrogen-bond donors (Lipinski definition) is 1. The number of aromatic nitrogens is 2. The number of nitrogen functional groups attached to an aromatic ring is 1. The monoisotopic (exact) mass is 213 g/mol. The summed E-state index contributed by atoms with van der Waals surface area (Å²) < 4.78 is 7.13. The van der Waals surface area contributed by atoms with Crippen LogP contribution in [0.25, 0.3) is 22.1 Å². The van der Waals surface area contributed by atoms with Crippen LogP contribution in [0.15, 0.2) is 41.1 Å². The Morgan fingerprint density at radius 3 is 2.88 bits per heavy atom. The largest absolute Gasteiger partial charge is 0.464 e. The molecular weight excluding hydrogens is 202 g/mol. The predicted octanol–water partition coefficient (Wildman–Crippen LogP) is 2.42. The van der Waals surface area contributed by atoms with Crippen molar-refractivity contribution in [3.05, 3.63) is 36.7 Å². The molecule has 0 aliphatic rings. The third kappa shape index (κ3) is 1.13. The minimum absolute atomic E-state index is 0.643. The van der Waals surface area contributed by atoms with Crippen molar-refractivity contribution >= 4 is 16.8 Å². The van der Waals surface area contributed by atoms with Gasteiger partial charge in [0, 0.05) is 23.6 Å². The van der Waals surface area contributed by atoms with Gasteiger partial charge in [-0.2, -0.15) is 5.10 Å². The van der Waals surface area contributed by atoms with E-state index in [1.54, 1.807) is 17.1 Å². The maximum atomic E-state index is 5.95. The Labute approximate surface area is 92.3 Å². The summed E-state index contributed by atoms with van der Waals surface area (Å²) in [6.07, 6.45) is 3.44. The van der Waals surface area contributed by atoms with Gasteiger partial charge >= 0.3 is 0 Å². The van der Waals surface area contributed by atoms with E-state index in [-0.39, 0.29) is 0 Å². The Bertz CT molecular complexity index is 651. The van der Waals surface area contributed by atoms with E-state index in [1.165, 1.54) is 0 Å². The molecule has 0 aliphatic heterocycles. The Morgan fingerprint density at radius 1 is 1.25 bits per heavy atom. The van der Waals surface area contributed by atoms with E-state index < -0.39 is 0 Å². The summed E-state index contributed by atoms with van der Waals surface area (Å²) in [7, 11) is 1.82. The fourth-order valence-electron chi connectivity index (χ4n) is 1.86. The van der Waals surface area contributed by atoms with Gasteiger partial charge in [-0.05, 0) is 6.07 Å². The quantitative estimate of drug-likeness (QED) is 0.675. The molecule has 3 rings (SSSR count).